The van der Waals surface area contributed by atoms with Gasteiger partial charge < -0.3 is 10.4 Å². The number of benzene rings is 1. The molecule has 0 fully saturated rings. The van der Waals surface area contributed by atoms with Crippen molar-refractivity contribution in [2.24, 2.45) is 0 Å². The number of anilines is 1. The van der Waals surface area contributed by atoms with Gasteiger partial charge in [0.1, 0.15) is 5.75 Å². The van der Waals surface area contributed by atoms with Crippen LogP contribution in [-0.4, -0.2) is 11.0 Å². The minimum atomic E-state index is -0.115. The van der Waals surface area contributed by atoms with Crippen LogP contribution < -0.4 is 5.32 Å². The number of aromatic hydroxyl groups is 1. The molecule has 3 nitrogen and oxygen atoms in total. The Hall–Kier alpha value is -1.00. The average Bonchev–Trinajstić information content (AvgIpc) is 1.93. The minimum Gasteiger partial charge on any atom is -0.508 e. The third-order valence-electron chi connectivity index (χ3n) is 1.19. The zero-order chi connectivity index (χ0) is 8.27. The largest absolute Gasteiger partial charge is 0.508 e. The molecule has 0 aliphatic heterocycles. The molecule has 2 N–H and O–H groups in total. The monoisotopic (exact) mass is 210 g/mol. The molecule has 0 aromatic heterocycles. The van der Waals surface area contributed by atoms with Crippen LogP contribution >= 0.6 is 0 Å². The molecule has 12 heavy (non-hydrogen) atoms. The third-order valence-corrected chi connectivity index (χ3v) is 1.19. The van der Waals surface area contributed by atoms with Gasteiger partial charge in [0.05, 0.1) is 0 Å². The summed E-state index contributed by atoms with van der Waals surface area (Å²) in [4.78, 5) is 10.5. The van der Waals surface area contributed by atoms with Gasteiger partial charge in [0, 0.05) is 29.4 Å². The van der Waals surface area contributed by atoms with Crippen molar-refractivity contribution >= 4 is 11.6 Å². The fraction of sp³-hybridized carbons (Fsp3) is 0.125. The first-order valence-electron chi connectivity index (χ1n) is 3.25. The van der Waals surface area contributed by atoms with Gasteiger partial charge in [0.2, 0.25) is 5.91 Å². The van der Waals surface area contributed by atoms with Crippen LogP contribution in [0.15, 0.2) is 24.3 Å². The zero-order valence-corrected chi connectivity index (χ0v) is 7.54. The normalized spacial score (nSPS) is 8.42. The molecular formula is C8H9CoNO2. The van der Waals surface area contributed by atoms with Crippen molar-refractivity contribution in [1.29, 1.82) is 0 Å². The van der Waals surface area contributed by atoms with Gasteiger partial charge in [0.15, 0.2) is 0 Å². The van der Waals surface area contributed by atoms with E-state index in [0.29, 0.717) is 5.69 Å². The molecule has 1 rings (SSSR count). The van der Waals surface area contributed by atoms with Gasteiger partial charge >= 0.3 is 0 Å². The molecular weight excluding hydrogens is 201 g/mol. The summed E-state index contributed by atoms with van der Waals surface area (Å²) in [6.45, 7) is 1.44. The predicted molar refractivity (Wildman–Crippen MR) is 42.4 cm³/mol. The van der Waals surface area contributed by atoms with Crippen LogP contribution in [0.5, 0.6) is 5.75 Å². The Kier molecular flexibility index (Phi) is 4.39. The number of carbonyl (C=O) groups is 1. The molecule has 67 valence electrons. The number of phenolic OH excluding ortho intramolecular Hbond substituents is 1. The second-order valence-electron chi connectivity index (χ2n) is 2.23. The van der Waals surface area contributed by atoms with E-state index in [-0.39, 0.29) is 28.4 Å². The van der Waals surface area contributed by atoms with Crippen LogP contribution in [0.2, 0.25) is 0 Å². The maximum absolute atomic E-state index is 10.5. The molecule has 1 aromatic rings. The van der Waals surface area contributed by atoms with Crippen LogP contribution in [0, 0.1) is 0 Å². The first-order chi connectivity index (χ1) is 5.18. The Morgan fingerprint density at radius 1 is 1.33 bits per heavy atom. The molecule has 1 radical (unpaired) electrons. The van der Waals surface area contributed by atoms with Crippen molar-refractivity contribution in [1.82, 2.24) is 0 Å². The molecule has 0 spiro atoms. The Balaban J connectivity index is 0.00000121. The van der Waals surface area contributed by atoms with Crippen LogP contribution in [0.25, 0.3) is 0 Å². The van der Waals surface area contributed by atoms with Crippen LogP contribution in [-0.2, 0) is 21.6 Å². The topological polar surface area (TPSA) is 49.3 Å². The van der Waals surface area contributed by atoms with Crippen molar-refractivity contribution in [2.75, 3.05) is 5.32 Å². The maximum Gasteiger partial charge on any atom is 0.221 e. The summed E-state index contributed by atoms with van der Waals surface area (Å²) in [5, 5.41) is 11.5. The molecule has 0 atom stereocenters. The molecule has 0 bridgehead atoms. The second kappa shape index (κ2) is 4.79. The van der Waals surface area contributed by atoms with E-state index >= 15 is 0 Å². The minimum absolute atomic E-state index is 0. The SMILES string of the molecule is CC(=O)Nc1ccc(O)cc1.[Co]. The van der Waals surface area contributed by atoms with Crippen LogP contribution in [0.4, 0.5) is 5.69 Å². The van der Waals surface area contributed by atoms with E-state index in [4.69, 9.17) is 5.11 Å². The quantitative estimate of drug-likeness (QED) is 0.687. The van der Waals surface area contributed by atoms with Gasteiger partial charge in [-0.2, -0.15) is 0 Å². The van der Waals surface area contributed by atoms with E-state index in [1.54, 1.807) is 12.1 Å². The summed E-state index contributed by atoms with van der Waals surface area (Å²) in [6, 6.07) is 6.31. The van der Waals surface area contributed by atoms with E-state index in [1.165, 1.54) is 19.1 Å². The number of rotatable bonds is 1. The van der Waals surface area contributed by atoms with Gasteiger partial charge in [0.25, 0.3) is 0 Å². The van der Waals surface area contributed by atoms with E-state index in [0.717, 1.165) is 0 Å². The predicted octanol–water partition coefficient (Wildman–Crippen LogP) is 1.35. The summed E-state index contributed by atoms with van der Waals surface area (Å²) in [6.07, 6.45) is 0. The molecule has 0 saturated heterocycles. The van der Waals surface area contributed by atoms with Crippen molar-refractivity contribution in [3.63, 3.8) is 0 Å². The van der Waals surface area contributed by atoms with Crippen LogP contribution in [0.3, 0.4) is 0 Å². The van der Waals surface area contributed by atoms with E-state index in [1.807, 2.05) is 0 Å². The summed E-state index contributed by atoms with van der Waals surface area (Å²) in [5.41, 5.74) is 0.690. The number of amides is 1. The average molecular weight is 210 g/mol. The number of nitrogens with one attached hydrogen (secondary N) is 1. The summed E-state index contributed by atoms with van der Waals surface area (Å²) >= 11 is 0. The molecule has 1 amide bonds. The number of phenols is 1. The van der Waals surface area contributed by atoms with Gasteiger partial charge in [-0.15, -0.1) is 0 Å². The summed E-state index contributed by atoms with van der Waals surface area (Å²) in [5.74, 6) is 0.0785. The first-order valence-corrected chi connectivity index (χ1v) is 3.25. The molecule has 1 aromatic carbocycles. The Morgan fingerprint density at radius 2 is 1.83 bits per heavy atom. The zero-order valence-electron chi connectivity index (χ0n) is 6.50. The van der Waals surface area contributed by atoms with Crippen LogP contribution in [0.1, 0.15) is 6.92 Å². The van der Waals surface area contributed by atoms with E-state index < -0.39 is 0 Å². The molecule has 0 unspecified atom stereocenters. The molecule has 0 heterocycles. The fourth-order valence-corrected chi connectivity index (χ4v) is 0.748. The fourth-order valence-electron chi connectivity index (χ4n) is 0.748. The Bertz CT molecular complexity index is 258. The van der Waals surface area contributed by atoms with Gasteiger partial charge in [-0.05, 0) is 24.3 Å². The van der Waals surface area contributed by atoms with Gasteiger partial charge in [-0.1, -0.05) is 0 Å². The maximum atomic E-state index is 10.5. The Labute approximate surface area is 81.0 Å². The molecule has 4 heteroatoms. The number of carbonyl (C=O) groups excluding carboxylic acids is 1. The molecule has 0 aliphatic rings. The van der Waals surface area contributed by atoms with Crippen molar-refractivity contribution in [3.05, 3.63) is 24.3 Å². The van der Waals surface area contributed by atoms with Crippen molar-refractivity contribution in [2.45, 2.75) is 6.92 Å². The summed E-state index contributed by atoms with van der Waals surface area (Å²) in [7, 11) is 0. The molecule has 0 aliphatic carbocycles. The third kappa shape index (κ3) is 3.41. The van der Waals surface area contributed by atoms with E-state index in [9.17, 15) is 4.79 Å². The smallest absolute Gasteiger partial charge is 0.221 e. The number of hydrogen-bond donors (Lipinski definition) is 2. The van der Waals surface area contributed by atoms with Crippen molar-refractivity contribution in [3.8, 4) is 5.75 Å². The van der Waals surface area contributed by atoms with Crippen molar-refractivity contribution < 1.29 is 26.7 Å². The standard InChI is InChI=1S/C8H9NO2.Co/c1-6(10)9-7-2-4-8(11)5-3-7;/h2-5,11H,1H3,(H,9,10);. The van der Waals surface area contributed by atoms with E-state index in [2.05, 4.69) is 5.32 Å². The molecule has 0 saturated carbocycles. The Morgan fingerprint density at radius 3 is 2.25 bits per heavy atom. The summed E-state index contributed by atoms with van der Waals surface area (Å²) < 4.78 is 0. The first kappa shape index (κ1) is 11.0. The second-order valence-corrected chi connectivity index (χ2v) is 2.23. The van der Waals surface area contributed by atoms with Gasteiger partial charge in [-0.25, -0.2) is 0 Å². The number of hydrogen-bond acceptors (Lipinski definition) is 2. The van der Waals surface area contributed by atoms with Gasteiger partial charge in [-0.3, -0.25) is 4.79 Å².